The Kier molecular flexibility index (Phi) is 5.09. The molecule has 13 heavy (non-hydrogen) atoms. The predicted octanol–water partition coefficient (Wildman–Crippen LogP) is -1.85. The summed E-state index contributed by atoms with van der Waals surface area (Å²) in [6.07, 6.45) is 0. The summed E-state index contributed by atoms with van der Waals surface area (Å²) in [4.78, 5) is 11.2. The van der Waals surface area contributed by atoms with Crippen molar-refractivity contribution < 1.29 is 25.2 Å². The predicted molar refractivity (Wildman–Crippen MR) is 44.9 cm³/mol. The van der Waals surface area contributed by atoms with Gasteiger partial charge < -0.3 is 20.4 Å². The van der Waals surface area contributed by atoms with Gasteiger partial charge in [0.05, 0.1) is 12.0 Å². The van der Waals surface area contributed by atoms with Crippen LogP contribution < -0.4 is 0 Å². The molecule has 4 N–H and O–H groups in total. The Morgan fingerprint density at radius 1 is 1.23 bits per heavy atom. The molecule has 1 unspecified atom stereocenters. The van der Waals surface area contributed by atoms with Crippen molar-refractivity contribution in [1.82, 2.24) is 0 Å². The van der Waals surface area contributed by atoms with Crippen LogP contribution in [0.5, 0.6) is 0 Å². The van der Waals surface area contributed by atoms with Crippen LogP contribution in [0.4, 0.5) is 0 Å². The number of aliphatic hydroxyl groups is 4. The zero-order chi connectivity index (χ0) is 10.5. The Bertz CT molecular complexity index is 166. The summed E-state index contributed by atoms with van der Waals surface area (Å²) in [5.74, 6) is -1.32. The number of carbonyl (C=O) groups is 1. The lowest BCUT2D eigenvalue weighted by Crippen LogP contribution is -2.44. The van der Waals surface area contributed by atoms with E-state index in [0.29, 0.717) is 0 Å². The highest BCUT2D eigenvalue weighted by molar-refractivity contribution is 5.85. The first-order valence-corrected chi connectivity index (χ1v) is 4.03. The summed E-state index contributed by atoms with van der Waals surface area (Å²) < 4.78 is 0. The van der Waals surface area contributed by atoms with E-state index in [-0.39, 0.29) is 0 Å². The van der Waals surface area contributed by atoms with Gasteiger partial charge in [-0.25, -0.2) is 0 Å². The van der Waals surface area contributed by atoms with Crippen LogP contribution in [0.25, 0.3) is 0 Å². The van der Waals surface area contributed by atoms with Gasteiger partial charge >= 0.3 is 0 Å². The van der Waals surface area contributed by atoms with Crippen LogP contribution in [0.1, 0.15) is 6.92 Å². The quantitative estimate of drug-likeness (QED) is 0.396. The fourth-order valence-corrected chi connectivity index (χ4v) is 1.09. The van der Waals surface area contributed by atoms with Crippen molar-refractivity contribution in [3.05, 3.63) is 0 Å². The average Bonchev–Trinajstić information content (AvgIpc) is 2.17. The van der Waals surface area contributed by atoms with E-state index in [4.69, 9.17) is 20.4 Å². The second-order valence-electron chi connectivity index (χ2n) is 3.22. The van der Waals surface area contributed by atoms with Crippen LogP contribution in [0.2, 0.25) is 0 Å². The molecule has 0 aromatic heterocycles. The van der Waals surface area contributed by atoms with Crippen molar-refractivity contribution in [2.75, 3.05) is 26.4 Å². The molecule has 0 aliphatic carbocycles. The van der Waals surface area contributed by atoms with Gasteiger partial charge in [0.25, 0.3) is 0 Å². The van der Waals surface area contributed by atoms with Crippen molar-refractivity contribution in [3.63, 3.8) is 0 Å². The molecule has 0 saturated carbocycles. The molecule has 5 heteroatoms. The molecular formula is C8H16O5. The van der Waals surface area contributed by atoms with Crippen molar-refractivity contribution in [3.8, 4) is 0 Å². The number of aliphatic hydroxyl groups excluding tert-OH is 4. The fourth-order valence-electron chi connectivity index (χ4n) is 1.09. The van der Waals surface area contributed by atoms with Crippen LogP contribution in [-0.4, -0.2) is 52.6 Å². The lowest BCUT2D eigenvalue weighted by molar-refractivity contribution is -0.139. The Morgan fingerprint density at radius 2 is 1.69 bits per heavy atom. The highest BCUT2D eigenvalue weighted by Gasteiger charge is 2.39. The van der Waals surface area contributed by atoms with Crippen LogP contribution in [0.3, 0.4) is 0 Å². The average molecular weight is 192 g/mol. The zero-order valence-electron chi connectivity index (χ0n) is 7.60. The van der Waals surface area contributed by atoms with E-state index < -0.39 is 43.5 Å². The highest BCUT2D eigenvalue weighted by Crippen LogP contribution is 2.27. The van der Waals surface area contributed by atoms with Gasteiger partial charge in [-0.15, -0.1) is 0 Å². The summed E-state index contributed by atoms with van der Waals surface area (Å²) in [5, 5.41) is 35.2. The number of Topliss-reactive ketones (excluding diaryl/α,β-unsaturated/α-hetero) is 1. The van der Waals surface area contributed by atoms with Crippen molar-refractivity contribution in [1.29, 1.82) is 0 Å². The minimum atomic E-state index is -1.27. The number of hydrogen-bond donors (Lipinski definition) is 4. The maximum absolute atomic E-state index is 11.2. The molecule has 0 rings (SSSR count). The molecule has 0 aromatic carbocycles. The first-order valence-electron chi connectivity index (χ1n) is 4.03. The molecule has 0 heterocycles. The lowest BCUT2D eigenvalue weighted by atomic mass is 9.75. The second-order valence-corrected chi connectivity index (χ2v) is 3.22. The maximum Gasteiger partial charge on any atom is 0.166 e. The van der Waals surface area contributed by atoms with E-state index in [2.05, 4.69) is 0 Å². The fraction of sp³-hybridized carbons (Fsp3) is 0.875. The van der Waals surface area contributed by atoms with Crippen molar-refractivity contribution in [2.45, 2.75) is 6.92 Å². The minimum absolute atomic E-state index is 0.403. The third-order valence-electron chi connectivity index (χ3n) is 2.45. The van der Waals surface area contributed by atoms with E-state index in [1.807, 2.05) is 0 Å². The lowest BCUT2D eigenvalue weighted by Gasteiger charge is -2.31. The molecule has 0 aromatic rings. The zero-order valence-corrected chi connectivity index (χ0v) is 7.60. The van der Waals surface area contributed by atoms with Gasteiger partial charge in [-0.05, 0) is 6.92 Å². The molecule has 78 valence electrons. The molecule has 0 fully saturated rings. The largest absolute Gasteiger partial charge is 0.396 e. The second kappa shape index (κ2) is 5.29. The Morgan fingerprint density at radius 3 is 1.92 bits per heavy atom. The van der Waals surface area contributed by atoms with Gasteiger partial charge in [0.2, 0.25) is 0 Å². The molecular weight excluding hydrogens is 176 g/mol. The van der Waals surface area contributed by atoms with Crippen LogP contribution in [0, 0.1) is 11.3 Å². The molecule has 0 aliphatic heterocycles. The van der Waals surface area contributed by atoms with Crippen LogP contribution >= 0.6 is 0 Å². The molecule has 0 bridgehead atoms. The molecule has 1 atom stereocenters. The van der Waals surface area contributed by atoms with Gasteiger partial charge in [-0.1, -0.05) is 0 Å². The van der Waals surface area contributed by atoms with E-state index in [1.165, 1.54) is 6.92 Å². The monoisotopic (exact) mass is 192 g/mol. The van der Waals surface area contributed by atoms with E-state index in [1.54, 1.807) is 0 Å². The number of rotatable bonds is 6. The van der Waals surface area contributed by atoms with Crippen LogP contribution in [0.15, 0.2) is 0 Å². The minimum Gasteiger partial charge on any atom is -0.396 e. The molecule has 0 amide bonds. The molecule has 0 spiro atoms. The standard InChI is InChI=1S/C8H16O5/c1-8(5-12,7(13)4-11)6(2-9)3-10/h6,9-12H,2-5H2,1H3. The molecule has 0 radical (unpaired) electrons. The third-order valence-corrected chi connectivity index (χ3v) is 2.45. The van der Waals surface area contributed by atoms with Gasteiger partial charge in [-0.3, -0.25) is 4.79 Å². The number of hydrogen-bond acceptors (Lipinski definition) is 5. The van der Waals surface area contributed by atoms with Gasteiger partial charge in [0.15, 0.2) is 5.78 Å². The summed E-state index contributed by atoms with van der Waals surface area (Å²) in [7, 11) is 0. The van der Waals surface area contributed by atoms with Gasteiger partial charge in [0.1, 0.15) is 6.61 Å². The summed E-state index contributed by atoms with van der Waals surface area (Å²) in [6.45, 7) is -0.604. The Hall–Kier alpha value is -0.490. The number of carbonyl (C=O) groups excluding carboxylic acids is 1. The van der Waals surface area contributed by atoms with Gasteiger partial charge in [0, 0.05) is 19.1 Å². The Labute approximate surface area is 76.6 Å². The first kappa shape index (κ1) is 12.5. The maximum atomic E-state index is 11.2. The first-order chi connectivity index (χ1) is 6.06. The summed E-state index contributed by atoms with van der Waals surface area (Å²) >= 11 is 0. The van der Waals surface area contributed by atoms with E-state index >= 15 is 0 Å². The highest BCUT2D eigenvalue weighted by atomic mass is 16.3. The van der Waals surface area contributed by atoms with Crippen molar-refractivity contribution >= 4 is 5.78 Å². The SMILES string of the molecule is CC(CO)(C(=O)CO)C(CO)CO. The van der Waals surface area contributed by atoms with E-state index in [9.17, 15) is 4.79 Å². The Balaban J connectivity index is 4.68. The summed E-state index contributed by atoms with van der Waals surface area (Å²) in [5.41, 5.74) is -1.27. The topological polar surface area (TPSA) is 98.0 Å². The van der Waals surface area contributed by atoms with Crippen molar-refractivity contribution in [2.24, 2.45) is 11.3 Å². The van der Waals surface area contributed by atoms with Crippen LogP contribution in [-0.2, 0) is 4.79 Å². The number of ketones is 1. The smallest absolute Gasteiger partial charge is 0.166 e. The molecule has 0 aliphatic rings. The summed E-state index contributed by atoms with van der Waals surface area (Å²) in [6, 6.07) is 0. The normalized spacial score (nSPS) is 15.8. The third kappa shape index (κ3) is 2.47. The molecule has 0 saturated heterocycles. The molecule has 5 nitrogen and oxygen atoms in total. The van der Waals surface area contributed by atoms with Gasteiger partial charge in [-0.2, -0.15) is 0 Å². The van der Waals surface area contributed by atoms with E-state index in [0.717, 1.165) is 0 Å².